The van der Waals surface area contributed by atoms with Crippen LogP contribution >= 0.6 is 0 Å². The minimum atomic E-state index is 0.858. The Balaban J connectivity index is 1.01. The highest BCUT2D eigenvalue weighted by molar-refractivity contribution is 6.25. The molecule has 0 aliphatic heterocycles. The van der Waals surface area contributed by atoms with Gasteiger partial charge in [0.25, 0.3) is 0 Å². The zero-order chi connectivity index (χ0) is 37.2. The Morgan fingerprint density at radius 1 is 0.375 bits per heavy atom. The standard InChI is InChI=1S/C52H37NO3/c1-2-3-10-33-17-24-41-44-32-40(23-26-46(44)55-49(41)29-33)53(39-14-9-13-36(30-39)34-11-5-4-6-12-34)38-21-18-35(19-22-38)37-20-25-43-50(31-37)56-48-28-27-47-51(52(43)48)42-15-7-8-16-45(42)54-47/h4-9,11-32H,2-3,10H2,1H3. The summed E-state index contributed by atoms with van der Waals surface area (Å²) < 4.78 is 19.1. The molecule has 0 unspecified atom stereocenters. The molecule has 0 bridgehead atoms. The summed E-state index contributed by atoms with van der Waals surface area (Å²) in [5.41, 5.74) is 14.4. The molecule has 8 aromatic carbocycles. The maximum Gasteiger partial charge on any atom is 0.136 e. The summed E-state index contributed by atoms with van der Waals surface area (Å²) >= 11 is 0. The number of anilines is 3. The molecule has 0 fully saturated rings. The normalized spacial score (nSPS) is 11.9. The number of rotatable bonds is 8. The van der Waals surface area contributed by atoms with Crippen molar-refractivity contribution in [2.75, 3.05) is 4.90 Å². The second-order valence-electron chi connectivity index (χ2n) is 14.7. The molecule has 268 valence electrons. The second kappa shape index (κ2) is 13.1. The summed E-state index contributed by atoms with van der Waals surface area (Å²) in [4.78, 5) is 2.34. The average Bonchev–Trinajstić information content (AvgIpc) is 3.94. The van der Waals surface area contributed by atoms with E-state index in [9.17, 15) is 0 Å². The van der Waals surface area contributed by atoms with E-state index < -0.39 is 0 Å². The fourth-order valence-corrected chi connectivity index (χ4v) is 8.45. The number of para-hydroxylation sites is 1. The van der Waals surface area contributed by atoms with Gasteiger partial charge in [0.05, 0.1) is 0 Å². The number of nitrogens with zero attached hydrogens (tertiary/aromatic N) is 1. The van der Waals surface area contributed by atoms with Crippen LogP contribution in [0.3, 0.4) is 0 Å². The molecule has 0 aliphatic rings. The first-order valence-electron chi connectivity index (χ1n) is 19.5. The number of fused-ring (bicyclic) bond motifs is 10. The minimum Gasteiger partial charge on any atom is -0.456 e. The predicted octanol–water partition coefficient (Wildman–Crippen LogP) is 15.5. The van der Waals surface area contributed by atoms with Crippen molar-refractivity contribution in [2.45, 2.75) is 26.2 Å². The summed E-state index contributed by atoms with van der Waals surface area (Å²) in [6.07, 6.45) is 3.41. The van der Waals surface area contributed by atoms with Gasteiger partial charge < -0.3 is 18.2 Å². The van der Waals surface area contributed by atoms with Crippen LogP contribution in [0.4, 0.5) is 17.1 Å². The molecule has 0 atom stereocenters. The number of unbranched alkanes of at least 4 members (excludes halogenated alkanes) is 1. The van der Waals surface area contributed by atoms with Crippen molar-refractivity contribution in [3.05, 3.63) is 175 Å². The summed E-state index contributed by atoms with van der Waals surface area (Å²) in [5, 5.41) is 6.63. The molecule has 3 aromatic heterocycles. The molecule has 0 amide bonds. The van der Waals surface area contributed by atoms with Crippen molar-refractivity contribution >= 4 is 82.9 Å². The van der Waals surface area contributed by atoms with Gasteiger partial charge in [-0.3, -0.25) is 0 Å². The summed E-state index contributed by atoms with van der Waals surface area (Å²) in [5.74, 6) is 0. The van der Waals surface area contributed by atoms with Crippen LogP contribution < -0.4 is 4.90 Å². The van der Waals surface area contributed by atoms with Crippen molar-refractivity contribution in [1.82, 2.24) is 0 Å². The van der Waals surface area contributed by atoms with Gasteiger partial charge in [-0.25, -0.2) is 0 Å². The number of hydrogen-bond donors (Lipinski definition) is 0. The van der Waals surface area contributed by atoms with Crippen LogP contribution in [-0.4, -0.2) is 0 Å². The van der Waals surface area contributed by atoms with E-state index >= 15 is 0 Å². The quantitative estimate of drug-likeness (QED) is 0.157. The lowest BCUT2D eigenvalue weighted by Crippen LogP contribution is -2.10. The lowest BCUT2D eigenvalue weighted by Gasteiger charge is -2.26. The molecule has 0 N–H and O–H groups in total. The summed E-state index contributed by atoms with van der Waals surface area (Å²) in [6, 6.07) is 60.2. The minimum absolute atomic E-state index is 0.858. The monoisotopic (exact) mass is 723 g/mol. The Bertz CT molecular complexity index is 3240. The molecule has 0 saturated carbocycles. The number of aryl methyl sites for hydroxylation is 1. The highest BCUT2D eigenvalue weighted by Gasteiger charge is 2.19. The lowest BCUT2D eigenvalue weighted by atomic mass is 10.0. The van der Waals surface area contributed by atoms with Crippen LogP contribution in [0.1, 0.15) is 25.3 Å². The largest absolute Gasteiger partial charge is 0.456 e. The molecule has 4 heteroatoms. The number of furan rings is 3. The van der Waals surface area contributed by atoms with Gasteiger partial charge in [-0.05, 0) is 120 Å². The third-order valence-electron chi connectivity index (χ3n) is 11.2. The molecule has 11 rings (SSSR count). The van der Waals surface area contributed by atoms with E-state index in [0.717, 1.165) is 100 Å². The zero-order valence-electron chi connectivity index (χ0n) is 31.0. The highest BCUT2D eigenvalue weighted by atomic mass is 16.3. The van der Waals surface area contributed by atoms with Crippen LogP contribution in [0.15, 0.2) is 183 Å². The molecule has 0 aliphatic carbocycles. The van der Waals surface area contributed by atoms with Gasteiger partial charge in [0, 0.05) is 49.4 Å². The Morgan fingerprint density at radius 2 is 0.964 bits per heavy atom. The van der Waals surface area contributed by atoms with E-state index in [4.69, 9.17) is 13.3 Å². The summed E-state index contributed by atoms with van der Waals surface area (Å²) in [6.45, 7) is 2.23. The van der Waals surface area contributed by atoms with E-state index in [1.54, 1.807) is 0 Å². The van der Waals surface area contributed by atoms with Gasteiger partial charge in [-0.1, -0.05) is 104 Å². The van der Waals surface area contributed by atoms with Crippen LogP contribution in [0.25, 0.3) is 88.1 Å². The predicted molar refractivity (Wildman–Crippen MR) is 232 cm³/mol. The van der Waals surface area contributed by atoms with Crippen LogP contribution in [-0.2, 0) is 6.42 Å². The maximum atomic E-state index is 6.49. The van der Waals surface area contributed by atoms with E-state index in [1.807, 2.05) is 24.3 Å². The Labute approximate surface area is 323 Å². The first-order chi connectivity index (χ1) is 27.7. The van der Waals surface area contributed by atoms with Crippen molar-refractivity contribution in [2.24, 2.45) is 0 Å². The van der Waals surface area contributed by atoms with Gasteiger partial charge in [0.15, 0.2) is 0 Å². The fourth-order valence-electron chi connectivity index (χ4n) is 8.45. The van der Waals surface area contributed by atoms with Crippen molar-refractivity contribution < 1.29 is 13.3 Å². The molecule has 0 spiro atoms. The van der Waals surface area contributed by atoms with E-state index in [-0.39, 0.29) is 0 Å². The molecular formula is C52H37NO3. The van der Waals surface area contributed by atoms with Crippen molar-refractivity contribution in [3.8, 4) is 22.3 Å². The molecule has 4 nitrogen and oxygen atoms in total. The third kappa shape index (κ3) is 5.37. The van der Waals surface area contributed by atoms with Gasteiger partial charge in [-0.2, -0.15) is 0 Å². The zero-order valence-corrected chi connectivity index (χ0v) is 31.0. The van der Waals surface area contributed by atoms with Crippen molar-refractivity contribution in [3.63, 3.8) is 0 Å². The van der Waals surface area contributed by atoms with Gasteiger partial charge in [-0.15, -0.1) is 0 Å². The Hall–Kier alpha value is -7.04. The first kappa shape index (κ1) is 32.4. The van der Waals surface area contributed by atoms with E-state index in [0.29, 0.717) is 0 Å². The number of benzene rings is 8. The topological polar surface area (TPSA) is 42.7 Å². The summed E-state index contributed by atoms with van der Waals surface area (Å²) in [7, 11) is 0. The van der Waals surface area contributed by atoms with Gasteiger partial charge in [0.2, 0.25) is 0 Å². The van der Waals surface area contributed by atoms with Crippen LogP contribution in [0, 0.1) is 0 Å². The number of hydrogen-bond acceptors (Lipinski definition) is 4. The fraction of sp³-hybridized carbons (Fsp3) is 0.0769. The average molecular weight is 724 g/mol. The maximum absolute atomic E-state index is 6.49. The van der Waals surface area contributed by atoms with Gasteiger partial charge in [0.1, 0.15) is 33.5 Å². The Morgan fingerprint density at radius 3 is 1.80 bits per heavy atom. The SMILES string of the molecule is CCCCc1ccc2c(c1)oc1ccc(N(c3ccc(-c4ccc5c(c4)oc4ccc6oc7ccccc7c6c45)cc3)c3cccc(-c4ccccc4)c3)cc12. The van der Waals surface area contributed by atoms with Gasteiger partial charge >= 0.3 is 0 Å². The highest BCUT2D eigenvalue weighted by Crippen LogP contribution is 2.43. The molecule has 11 aromatic rings. The molecule has 0 radical (unpaired) electrons. The van der Waals surface area contributed by atoms with Crippen LogP contribution in [0.5, 0.6) is 0 Å². The molecule has 56 heavy (non-hydrogen) atoms. The third-order valence-corrected chi connectivity index (χ3v) is 11.2. The molecule has 0 saturated heterocycles. The molecular weight excluding hydrogens is 687 g/mol. The van der Waals surface area contributed by atoms with E-state index in [1.165, 1.54) is 29.5 Å². The smallest absolute Gasteiger partial charge is 0.136 e. The lowest BCUT2D eigenvalue weighted by molar-refractivity contribution is 0.663. The Kier molecular flexibility index (Phi) is 7.56. The van der Waals surface area contributed by atoms with E-state index in [2.05, 4.69) is 157 Å². The first-order valence-corrected chi connectivity index (χ1v) is 19.5. The van der Waals surface area contributed by atoms with Crippen molar-refractivity contribution in [1.29, 1.82) is 0 Å². The molecule has 3 heterocycles. The second-order valence-corrected chi connectivity index (χ2v) is 14.7. The van der Waals surface area contributed by atoms with Crippen LogP contribution in [0.2, 0.25) is 0 Å².